The minimum Gasteiger partial charge on any atom is -0.497 e. The lowest BCUT2D eigenvalue weighted by Crippen LogP contribution is -2.07. The number of nitrogens with two attached hydrogens (primary N) is 2. The van der Waals surface area contributed by atoms with E-state index < -0.39 is 0 Å². The SMILES string of the molecule is COc1cccc(C(N)=CC(N)=S)c1. The van der Waals surface area contributed by atoms with Gasteiger partial charge in [-0.2, -0.15) is 0 Å². The molecule has 0 amide bonds. The quantitative estimate of drug-likeness (QED) is 0.580. The van der Waals surface area contributed by atoms with E-state index in [0.29, 0.717) is 5.70 Å². The number of thiocarbonyl (C=S) groups is 1. The zero-order chi connectivity index (χ0) is 10.6. The van der Waals surface area contributed by atoms with E-state index in [9.17, 15) is 0 Å². The van der Waals surface area contributed by atoms with Gasteiger partial charge in [0.05, 0.1) is 12.1 Å². The van der Waals surface area contributed by atoms with Gasteiger partial charge in [-0.3, -0.25) is 0 Å². The first kappa shape index (κ1) is 10.5. The molecule has 0 aliphatic heterocycles. The van der Waals surface area contributed by atoms with E-state index in [1.807, 2.05) is 24.3 Å². The Hall–Kier alpha value is -1.55. The van der Waals surface area contributed by atoms with Gasteiger partial charge < -0.3 is 16.2 Å². The Bertz CT molecular complexity index is 374. The summed E-state index contributed by atoms with van der Waals surface area (Å²) in [4.78, 5) is 0.269. The molecule has 14 heavy (non-hydrogen) atoms. The average molecular weight is 208 g/mol. The van der Waals surface area contributed by atoms with Crippen molar-refractivity contribution in [2.75, 3.05) is 7.11 Å². The van der Waals surface area contributed by atoms with Gasteiger partial charge in [0, 0.05) is 11.3 Å². The summed E-state index contributed by atoms with van der Waals surface area (Å²) >= 11 is 4.72. The van der Waals surface area contributed by atoms with E-state index in [1.165, 1.54) is 0 Å². The third-order valence-electron chi connectivity index (χ3n) is 1.70. The molecular formula is C10H12N2OS. The second kappa shape index (κ2) is 4.62. The summed E-state index contributed by atoms with van der Waals surface area (Å²) < 4.78 is 5.06. The van der Waals surface area contributed by atoms with Crippen LogP contribution in [-0.2, 0) is 0 Å². The van der Waals surface area contributed by atoms with Crippen molar-refractivity contribution in [3.8, 4) is 5.75 Å². The maximum atomic E-state index is 5.76. The van der Waals surface area contributed by atoms with E-state index >= 15 is 0 Å². The highest BCUT2D eigenvalue weighted by Gasteiger charge is 1.98. The Morgan fingerprint density at radius 3 is 2.71 bits per heavy atom. The first-order valence-electron chi connectivity index (χ1n) is 4.04. The van der Waals surface area contributed by atoms with E-state index in [1.54, 1.807) is 13.2 Å². The number of rotatable bonds is 3. The van der Waals surface area contributed by atoms with Crippen molar-refractivity contribution in [3.63, 3.8) is 0 Å². The molecule has 0 heterocycles. The van der Waals surface area contributed by atoms with E-state index in [2.05, 4.69) is 0 Å². The minimum absolute atomic E-state index is 0.269. The Balaban J connectivity index is 3.01. The molecule has 0 atom stereocenters. The fourth-order valence-corrected chi connectivity index (χ4v) is 1.17. The Labute approximate surface area is 88.4 Å². The molecule has 0 spiro atoms. The number of benzene rings is 1. The van der Waals surface area contributed by atoms with Gasteiger partial charge in [0.25, 0.3) is 0 Å². The molecule has 0 aliphatic carbocycles. The lowest BCUT2D eigenvalue weighted by molar-refractivity contribution is 0.414. The molecule has 0 saturated heterocycles. The monoisotopic (exact) mass is 208 g/mol. The molecule has 3 nitrogen and oxygen atoms in total. The summed E-state index contributed by atoms with van der Waals surface area (Å²) in [5, 5.41) is 0. The van der Waals surface area contributed by atoms with Crippen LogP contribution in [0.1, 0.15) is 5.56 Å². The average Bonchev–Trinajstić information content (AvgIpc) is 2.17. The number of hydrogen-bond acceptors (Lipinski definition) is 3. The number of hydrogen-bond donors (Lipinski definition) is 2. The van der Waals surface area contributed by atoms with Gasteiger partial charge in [-0.25, -0.2) is 0 Å². The summed E-state index contributed by atoms with van der Waals surface area (Å²) in [6.45, 7) is 0. The smallest absolute Gasteiger partial charge is 0.119 e. The normalized spacial score (nSPS) is 11.1. The van der Waals surface area contributed by atoms with Gasteiger partial charge in [0.15, 0.2) is 0 Å². The van der Waals surface area contributed by atoms with Gasteiger partial charge in [-0.1, -0.05) is 24.4 Å². The molecule has 0 saturated carbocycles. The first-order chi connectivity index (χ1) is 6.63. The van der Waals surface area contributed by atoms with E-state index in [4.69, 9.17) is 28.4 Å². The third-order valence-corrected chi connectivity index (χ3v) is 1.82. The Kier molecular flexibility index (Phi) is 3.48. The maximum Gasteiger partial charge on any atom is 0.119 e. The van der Waals surface area contributed by atoms with Crippen LogP contribution in [0.2, 0.25) is 0 Å². The molecule has 4 N–H and O–H groups in total. The molecule has 1 aromatic carbocycles. The van der Waals surface area contributed by atoms with Gasteiger partial charge in [0.2, 0.25) is 0 Å². The van der Waals surface area contributed by atoms with Crippen molar-refractivity contribution >= 4 is 22.9 Å². The highest BCUT2D eigenvalue weighted by atomic mass is 32.1. The summed E-state index contributed by atoms with van der Waals surface area (Å²) in [6, 6.07) is 7.39. The molecule has 0 aromatic heterocycles. The van der Waals surface area contributed by atoms with Gasteiger partial charge >= 0.3 is 0 Å². The van der Waals surface area contributed by atoms with Crippen molar-refractivity contribution < 1.29 is 4.74 Å². The lowest BCUT2D eigenvalue weighted by atomic mass is 10.1. The van der Waals surface area contributed by atoms with Crippen LogP contribution in [0.4, 0.5) is 0 Å². The molecule has 0 aliphatic rings. The largest absolute Gasteiger partial charge is 0.497 e. The zero-order valence-corrected chi connectivity index (χ0v) is 8.67. The predicted octanol–water partition coefficient (Wildman–Crippen LogP) is 1.28. The number of ether oxygens (including phenoxy) is 1. The summed E-state index contributed by atoms with van der Waals surface area (Å²) in [5.74, 6) is 0.752. The van der Waals surface area contributed by atoms with E-state index in [-0.39, 0.29) is 4.99 Å². The standard InChI is InChI=1S/C10H12N2OS/c1-13-8-4-2-3-7(5-8)9(11)6-10(12)14/h2-6H,11H2,1H3,(H2,12,14). The second-order valence-corrected chi connectivity index (χ2v) is 3.21. The molecule has 0 bridgehead atoms. The third kappa shape index (κ3) is 2.74. The predicted molar refractivity (Wildman–Crippen MR) is 61.9 cm³/mol. The topological polar surface area (TPSA) is 61.3 Å². The van der Waals surface area contributed by atoms with Crippen LogP contribution in [0.5, 0.6) is 5.75 Å². The molecule has 1 rings (SSSR count). The Morgan fingerprint density at radius 1 is 1.43 bits per heavy atom. The molecule has 4 heteroatoms. The summed E-state index contributed by atoms with van der Waals surface area (Å²) in [5.41, 5.74) is 12.5. The van der Waals surface area contributed by atoms with Crippen molar-refractivity contribution in [1.82, 2.24) is 0 Å². The number of methoxy groups -OCH3 is 1. The summed E-state index contributed by atoms with van der Waals surface area (Å²) in [7, 11) is 1.60. The maximum absolute atomic E-state index is 5.76. The van der Waals surface area contributed by atoms with Crippen LogP contribution in [0.3, 0.4) is 0 Å². The van der Waals surface area contributed by atoms with Crippen LogP contribution >= 0.6 is 12.2 Å². The van der Waals surface area contributed by atoms with Crippen LogP contribution in [-0.4, -0.2) is 12.1 Å². The van der Waals surface area contributed by atoms with Crippen molar-refractivity contribution in [3.05, 3.63) is 35.9 Å². The van der Waals surface area contributed by atoms with Gasteiger partial charge in [0.1, 0.15) is 5.75 Å². The second-order valence-electron chi connectivity index (χ2n) is 2.73. The molecule has 1 aromatic rings. The molecule has 0 radical (unpaired) electrons. The molecule has 0 unspecified atom stereocenters. The highest BCUT2D eigenvalue weighted by Crippen LogP contribution is 2.16. The summed E-state index contributed by atoms with van der Waals surface area (Å²) in [6.07, 6.45) is 1.55. The zero-order valence-electron chi connectivity index (χ0n) is 7.86. The van der Waals surface area contributed by atoms with Crippen LogP contribution in [0.15, 0.2) is 30.3 Å². The fourth-order valence-electron chi connectivity index (χ4n) is 1.04. The van der Waals surface area contributed by atoms with Gasteiger partial charge in [-0.15, -0.1) is 0 Å². The fraction of sp³-hybridized carbons (Fsp3) is 0.100. The van der Waals surface area contributed by atoms with Crippen molar-refractivity contribution in [1.29, 1.82) is 0 Å². The molecule has 74 valence electrons. The minimum atomic E-state index is 0.269. The molecular weight excluding hydrogens is 196 g/mol. The highest BCUT2D eigenvalue weighted by molar-refractivity contribution is 7.80. The van der Waals surface area contributed by atoms with Crippen LogP contribution in [0.25, 0.3) is 5.70 Å². The van der Waals surface area contributed by atoms with Crippen LogP contribution in [0, 0.1) is 0 Å². The van der Waals surface area contributed by atoms with Crippen LogP contribution < -0.4 is 16.2 Å². The lowest BCUT2D eigenvalue weighted by Gasteiger charge is -2.04. The first-order valence-corrected chi connectivity index (χ1v) is 4.45. The van der Waals surface area contributed by atoms with Crippen molar-refractivity contribution in [2.24, 2.45) is 11.5 Å². The Morgan fingerprint density at radius 2 is 2.14 bits per heavy atom. The van der Waals surface area contributed by atoms with Gasteiger partial charge in [-0.05, 0) is 18.2 Å². The molecule has 0 fully saturated rings. The van der Waals surface area contributed by atoms with Crippen molar-refractivity contribution in [2.45, 2.75) is 0 Å². The van der Waals surface area contributed by atoms with E-state index in [0.717, 1.165) is 11.3 Å².